The van der Waals surface area contributed by atoms with Gasteiger partial charge in [0.1, 0.15) is 4.75 Å². The minimum Gasteiger partial charge on any atom is -0.271 e. The molecule has 1 heterocycles. The van der Waals surface area contributed by atoms with E-state index in [-0.39, 0.29) is 10.7 Å². The maximum absolute atomic E-state index is 12.3. The Morgan fingerprint density at radius 1 is 1.29 bits per heavy atom. The van der Waals surface area contributed by atoms with Crippen LogP contribution in [0.4, 0.5) is 0 Å². The van der Waals surface area contributed by atoms with E-state index in [1.54, 1.807) is 11.8 Å². The minimum atomic E-state index is -0.330. The van der Waals surface area contributed by atoms with E-state index in [1.165, 1.54) is 19.3 Å². The second-order valence-electron chi connectivity index (χ2n) is 8.69. The Bertz CT molecular complexity index is 509. The van der Waals surface area contributed by atoms with Gasteiger partial charge >= 0.3 is 0 Å². The molecule has 2 fully saturated rings. The van der Waals surface area contributed by atoms with Crippen LogP contribution >= 0.6 is 11.8 Å². The van der Waals surface area contributed by atoms with Gasteiger partial charge in [0.05, 0.1) is 5.04 Å². The standard InChI is InChI=1S/C18H29NOS/c1-11(2)18(6)15(20)19-14(21-18)10-13-9-12-7-8-17(13,5)16(12,3)4/h11-13H,7-10H2,1-6H3/t12-,13+,17+,18?/m1/s1. The number of aliphatic imine (C=N–C) groups is 1. The van der Waals surface area contributed by atoms with Crippen LogP contribution in [0.1, 0.15) is 67.2 Å². The number of hydrogen-bond acceptors (Lipinski definition) is 2. The molecule has 0 radical (unpaired) electrons. The fourth-order valence-corrected chi connectivity index (χ4v) is 6.15. The van der Waals surface area contributed by atoms with Crippen LogP contribution in [0.25, 0.3) is 0 Å². The van der Waals surface area contributed by atoms with Gasteiger partial charge in [-0.25, -0.2) is 4.99 Å². The number of nitrogens with zero attached hydrogens (tertiary/aromatic N) is 1. The predicted octanol–water partition coefficient (Wildman–Crippen LogP) is 4.93. The average Bonchev–Trinajstić information content (AvgIpc) is 2.85. The van der Waals surface area contributed by atoms with Crippen molar-refractivity contribution in [2.24, 2.45) is 33.6 Å². The van der Waals surface area contributed by atoms with Crippen LogP contribution in [0.3, 0.4) is 0 Å². The van der Waals surface area contributed by atoms with Gasteiger partial charge < -0.3 is 0 Å². The van der Waals surface area contributed by atoms with Crippen molar-refractivity contribution in [2.45, 2.75) is 72.0 Å². The summed E-state index contributed by atoms with van der Waals surface area (Å²) in [7, 11) is 0. The van der Waals surface area contributed by atoms with Gasteiger partial charge in [-0.2, -0.15) is 0 Å². The van der Waals surface area contributed by atoms with Gasteiger partial charge in [0.25, 0.3) is 5.91 Å². The zero-order chi connectivity index (χ0) is 15.6. The summed E-state index contributed by atoms with van der Waals surface area (Å²) >= 11 is 1.74. The number of carbonyl (C=O) groups excluding carboxylic acids is 1. The number of amides is 1. The molecule has 2 nitrogen and oxygen atoms in total. The summed E-state index contributed by atoms with van der Waals surface area (Å²) < 4.78 is -0.330. The van der Waals surface area contributed by atoms with Gasteiger partial charge in [-0.1, -0.05) is 46.4 Å². The second kappa shape index (κ2) is 4.59. The van der Waals surface area contributed by atoms with E-state index in [9.17, 15) is 4.79 Å². The smallest absolute Gasteiger partial charge is 0.263 e. The van der Waals surface area contributed by atoms with E-state index >= 15 is 0 Å². The highest BCUT2D eigenvalue weighted by Crippen LogP contribution is 2.69. The van der Waals surface area contributed by atoms with E-state index in [2.05, 4.69) is 46.5 Å². The molecule has 2 aliphatic carbocycles. The summed E-state index contributed by atoms with van der Waals surface area (Å²) in [6, 6.07) is 0. The van der Waals surface area contributed by atoms with E-state index in [1.807, 2.05) is 0 Å². The summed E-state index contributed by atoms with van der Waals surface area (Å²) in [5, 5.41) is 1.10. The lowest BCUT2D eigenvalue weighted by atomic mass is 9.66. The first kappa shape index (κ1) is 15.6. The van der Waals surface area contributed by atoms with Crippen molar-refractivity contribution in [1.29, 1.82) is 0 Å². The van der Waals surface area contributed by atoms with Crippen LogP contribution in [-0.4, -0.2) is 15.7 Å². The average molecular weight is 308 g/mol. The monoisotopic (exact) mass is 307 g/mol. The van der Waals surface area contributed by atoms with Crippen molar-refractivity contribution in [3.8, 4) is 0 Å². The lowest BCUT2D eigenvalue weighted by Gasteiger charge is -2.39. The van der Waals surface area contributed by atoms with Crippen molar-refractivity contribution in [1.82, 2.24) is 0 Å². The molecule has 0 aromatic heterocycles. The Hall–Kier alpha value is -0.310. The van der Waals surface area contributed by atoms with Crippen molar-refractivity contribution < 1.29 is 4.79 Å². The third-order valence-corrected chi connectivity index (χ3v) is 9.04. The molecule has 0 spiro atoms. The quantitative estimate of drug-likeness (QED) is 0.740. The maximum Gasteiger partial charge on any atom is 0.263 e. The van der Waals surface area contributed by atoms with Gasteiger partial charge in [-0.3, -0.25) is 4.79 Å². The molecule has 1 amide bonds. The molecule has 0 aromatic rings. The molecule has 1 unspecified atom stereocenters. The fraction of sp³-hybridized carbons (Fsp3) is 0.889. The van der Waals surface area contributed by atoms with Crippen molar-refractivity contribution in [2.75, 3.05) is 0 Å². The van der Waals surface area contributed by atoms with Gasteiger partial charge in [0, 0.05) is 0 Å². The highest BCUT2D eigenvalue weighted by atomic mass is 32.2. The van der Waals surface area contributed by atoms with Gasteiger partial charge in [0.15, 0.2) is 0 Å². The summed E-state index contributed by atoms with van der Waals surface area (Å²) in [4.78, 5) is 16.7. The SMILES string of the molecule is CC(C)C1(C)SC(C[C@@H]2C[C@H]3CC[C@]2(C)C3(C)C)=NC1=O. The molecule has 3 rings (SSSR count). The maximum atomic E-state index is 12.3. The van der Waals surface area contributed by atoms with Crippen molar-refractivity contribution in [3.05, 3.63) is 0 Å². The summed E-state index contributed by atoms with van der Waals surface area (Å²) in [6.45, 7) is 13.7. The molecule has 2 saturated carbocycles. The zero-order valence-electron chi connectivity index (χ0n) is 14.3. The molecule has 0 aromatic carbocycles. The molecule has 1 aliphatic heterocycles. The highest BCUT2D eigenvalue weighted by Gasteiger charge is 2.61. The van der Waals surface area contributed by atoms with Crippen LogP contribution in [0.2, 0.25) is 0 Å². The van der Waals surface area contributed by atoms with Crippen LogP contribution < -0.4 is 0 Å². The summed E-state index contributed by atoms with van der Waals surface area (Å²) in [5.74, 6) is 2.00. The van der Waals surface area contributed by atoms with Crippen molar-refractivity contribution in [3.63, 3.8) is 0 Å². The topological polar surface area (TPSA) is 29.4 Å². The molecule has 0 N–H and O–H groups in total. The number of carbonyl (C=O) groups is 1. The van der Waals surface area contributed by atoms with Crippen LogP contribution in [0.5, 0.6) is 0 Å². The third-order valence-electron chi connectivity index (χ3n) is 7.48. The first-order chi connectivity index (χ1) is 9.61. The fourth-order valence-electron chi connectivity index (χ4n) is 4.88. The molecular formula is C18H29NOS. The Balaban J connectivity index is 1.76. The summed E-state index contributed by atoms with van der Waals surface area (Å²) in [6.07, 6.45) is 5.09. The number of hydrogen-bond donors (Lipinski definition) is 0. The second-order valence-corrected chi connectivity index (χ2v) is 10.2. The zero-order valence-corrected chi connectivity index (χ0v) is 15.1. The lowest BCUT2D eigenvalue weighted by Crippen LogP contribution is -2.34. The van der Waals surface area contributed by atoms with E-state index in [0.29, 0.717) is 22.7 Å². The number of fused-ring (bicyclic) bond motifs is 2. The Morgan fingerprint density at radius 2 is 1.95 bits per heavy atom. The largest absolute Gasteiger partial charge is 0.271 e. The Kier molecular flexibility index (Phi) is 3.41. The van der Waals surface area contributed by atoms with Crippen molar-refractivity contribution >= 4 is 22.7 Å². The molecule has 118 valence electrons. The molecule has 4 atom stereocenters. The third kappa shape index (κ3) is 1.99. The first-order valence-corrected chi connectivity index (χ1v) is 9.24. The first-order valence-electron chi connectivity index (χ1n) is 8.42. The van der Waals surface area contributed by atoms with E-state index in [0.717, 1.165) is 17.4 Å². The molecule has 0 saturated heterocycles. The molecule has 21 heavy (non-hydrogen) atoms. The number of thioether (sulfide) groups is 1. The molecule has 2 bridgehead atoms. The molecule has 3 aliphatic rings. The van der Waals surface area contributed by atoms with Gasteiger partial charge in [-0.05, 0) is 61.2 Å². The lowest BCUT2D eigenvalue weighted by molar-refractivity contribution is -0.120. The Labute approximate surface area is 133 Å². The summed E-state index contributed by atoms with van der Waals surface area (Å²) in [5.41, 5.74) is 0.882. The molecular weight excluding hydrogens is 278 g/mol. The van der Waals surface area contributed by atoms with Crippen LogP contribution in [0, 0.1) is 28.6 Å². The predicted molar refractivity (Wildman–Crippen MR) is 90.6 cm³/mol. The van der Waals surface area contributed by atoms with E-state index in [4.69, 9.17) is 0 Å². The Morgan fingerprint density at radius 3 is 2.38 bits per heavy atom. The van der Waals surface area contributed by atoms with Gasteiger partial charge in [-0.15, -0.1) is 0 Å². The normalized spacial score (nSPS) is 44.7. The van der Waals surface area contributed by atoms with Crippen LogP contribution in [-0.2, 0) is 4.79 Å². The van der Waals surface area contributed by atoms with Crippen LogP contribution in [0.15, 0.2) is 4.99 Å². The van der Waals surface area contributed by atoms with Gasteiger partial charge in [0.2, 0.25) is 0 Å². The van der Waals surface area contributed by atoms with E-state index < -0.39 is 0 Å². The highest BCUT2D eigenvalue weighted by molar-refractivity contribution is 8.16. The molecule has 3 heteroatoms. The number of rotatable bonds is 3. The minimum absolute atomic E-state index is 0.0880.